The van der Waals surface area contributed by atoms with Crippen LogP contribution in [0.5, 0.6) is 5.75 Å². The quantitative estimate of drug-likeness (QED) is 0.638. The number of hydrogen-bond donors (Lipinski definition) is 2. The van der Waals surface area contributed by atoms with Crippen LogP contribution < -0.4 is 4.74 Å². The molecule has 0 saturated heterocycles. The lowest BCUT2D eigenvalue weighted by molar-refractivity contribution is 0.144. The molecule has 66 valence electrons. The number of carbonyl (C=O) groups is 1. The van der Waals surface area contributed by atoms with Crippen LogP contribution in [0.2, 0.25) is 0 Å². The second-order valence-corrected chi connectivity index (χ2v) is 2.31. The summed E-state index contributed by atoms with van der Waals surface area (Å²) in [5.41, 5.74) is 1.16. The molecule has 2 N–H and O–H groups in total. The lowest BCUT2D eigenvalue weighted by Gasteiger charge is -1.96. The Kier molecular flexibility index (Phi) is 1.59. The number of fused-ring (bicyclic) bond motifs is 1. The Hall–Kier alpha value is -2.11. The van der Waals surface area contributed by atoms with E-state index in [2.05, 4.69) is 19.7 Å². The number of ether oxygens (including phenoxy) is 1. The molecule has 2 aromatic rings. The molecule has 13 heavy (non-hydrogen) atoms. The van der Waals surface area contributed by atoms with Crippen molar-refractivity contribution in [1.29, 1.82) is 0 Å². The zero-order valence-electron chi connectivity index (χ0n) is 6.39. The number of carboxylic acid groups (broad SMARTS) is 1. The molecule has 6 heteroatoms. The minimum atomic E-state index is -1.36. The maximum absolute atomic E-state index is 10.2. The molecule has 2 rings (SSSR count). The Balaban J connectivity index is 2.42. The smallest absolute Gasteiger partial charge is 0.449 e. The number of nitrogens with one attached hydrogen (secondary N) is 1. The minimum Gasteiger partial charge on any atom is -0.449 e. The molecule has 0 aromatic carbocycles. The van der Waals surface area contributed by atoms with Crippen molar-refractivity contribution >= 4 is 17.3 Å². The van der Waals surface area contributed by atoms with Gasteiger partial charge in [0.1, 0.15) is 0 Å². The van der Waals surface area contributed by atoms with Gasteiger partial charge in [-0.15, -0.1) is 0 Å². The zero-order valence-corrected chi connectivity index (χ0v) is 6.39. The van der Waals surface area contributed by atoms with Gasteiger partial charge in [0, 0.05) is 6.07 Å². The fourth-order valence-corrected chi connectivity index (χ4v) is 0.967. The van der Waals surface area contributed by atoms with E-state index in [9.17, 15) is 4.79 Å². The summed E-state index contributed by atoms with van der Waals surface area (Å²) >= 11 is 0. The average Bonchev–Trinajstić information content (AvgIpc) is 2.49. The molecule has 0 unspecified atom stereocenters. The van der Waals surface area contributed by atoms with Gasteiger partial charge in [0.05, 0.1) is 18.0 Å². The lowest BCUT2D eigenvalue weighted by atomic mass is 10.4. The van der Waals surface area contributed by atoms with Crippen LogP contribution in [-0.4, -0.2) is 26.2 Å². The molecule has 2 aromatic heterocycles. The van der Waals surface area contributed by atoms with Gasteiger partial charge in [0.2, 0.25) is 0 Å². The molecule has 0 fully saturated rings. The number of aromatic nitrogens is 3. The largest absolute Gasteiger partial charge is 0.511 e. The molecule has 0 radical (unpaired) electrons. The Morgan fingerprint density at radius 2 is 2.38 bits per heavy atom. The van der Waals surface area contributed by atoms with Crippen molar-refractivity contribution in [2.45, 2.75) is 0 Å². The Labute approximate surface area is 72.2 Å². The number of nitrogens with zero attached hydrogens (tertiary/aromatic N) is 2. The van der Waals surface area contributed by atoms with E-state index in [1.165, 1.54) is 18.6 Å². The fraction of sp³-hybridized carbons (Fsp3) is 0. The first-order chi connectivity index (χ1) is 6.25. The number of H-pyrrole nitrogens is 1. The van der Waals surface area contributed by atoms with Gasteiger partial charge >= 0.3 is 6.16 Å². The van der Waals surface area contributed by atoms with Gasteiger partial charge in [0.15, 0.2) is 11.4 Å². The van der Waals surface area contributed by atoms with Crippen LogP contribution in [-0.2, 0) is 0 Å². The van der Waals surface area contributed by atoms with Gasteiger partial charge in [-0.2, -0.15) is 0 Å². The third kappa shape index (κ3) is 1.41. The van der Waals surface area contributed by atoms with Crippen LogP contribution in [0, 0.1) is 0 Å². The zero-order chi connectivity index (χ0) is 9.26. The number of aromatic amines is 1. The highest BCUT2D eigenvalue weighted by atomic mass is 16.7. The summed E-state index contributed by atoms with van der Waals surface area (Å²) in [6, 6.07) is 1.52. The molecule has 0 saturated carbocycles. The molecule has 0 amide bonds. The van der Waals surface area contributed by atoms with Crippen molar-refractivity contribution in [3.05, 3.63) is 18.6 Å². The topological polar surface area (TPSA) is 88.1 Å². The van der Waals surface area contributed by atoms with Gasteiger partial charge in [0.25, 0.3) is 0 Å². The predicted octanol–water partition coefficient (Wildman–Crippen LogP) is 1.01. The number of imidazole rings is 1. The van der Waals surface area contributed by atoms with Crippen molar-refractivity contribution in [3.8, 4) is 5.75 Å². The average molecular weight is 179 g/mol. The van der Waals surface area contributed by atoms with E-state index in [1.807, 2.05) is 0 Å². The maximum Gasteiger partial charge on any atom is 0.511 e. The number of pyridine rings is 1. The summed E-state index contributed by atoms with van der Waals surface area (Å²) in [6.45, 7) is 0. The van der Waals surface area contributed by atoms with E-state index in [-0.39, 0.29) is 5.75 Å². The molecule has 0 aliphatic carbocycles. The minimum absolute atomic E-state index is 0.171. The molecule has 2 heterocycles. The Bertz CT molecular complexity index is 451. The van der Waals surface area contributed by atoms with Crippen LogP contribution in [0.1, 0.15) is 0 Å². The normalized spacial score (nSPS) is 10.2. The highest BCUT2D eigenvalue weighted by Crippen LogP contribution is 2.14. The molecule has 6 nitrogen and oxygen atoms in total. The van der Waals surface area contributed by atoms with Crippen molar-refractivity contribution in [2.24, 2.45) is 0 Å². The molecule has 0 aliphatic heterocycles. The Morgan fingerprint density at radius 1 is 1.54 bits per heavy atom. The summed E-state index contributed by atoms with van der Waals surface area (Å²) in [4.78, 5) is 20.7. The van der Waals surface area contributed by atoms with Crippen molar-refractivity contribution in [1.82, 2.24) is 15.0 Å². The van der Waals surface area contributed by atoms with Crippen molar-refractivity contribution in [2.75, 3.05) is 0 Å². The van der Waals surface area contributed by atoms with Gasteiger partial charge in [-0.1, -0.05) is 0 Å². The fourth-order valence-electron chi connectivity index (χ4n) is 0.967. The first kappa shape index (κ1) is 7.53. The van der Waals surface area contributed by atoms with Crippen LogP contribution in [0.3, 0.4) is 0 Å². The Morgan fingerprint density at radius 3 is 3.15 bits per heavy atom. The van der Waals surface area contributed by atoms with Crippen LogP contribution in [0.4, 0.5) is 4.79 Å². The first-order valence-electron chi connectivity index (χ1n) is 3.45. The van der Waals surface area contributed by atoms with Crippen LogP contribution in [0.15, 0.2) is 18.6 Å². The number of rotatable bonds is 1. The molecule has 0 bridgehead atoms. The SMILES string of the molecule is O=C(O)Oc1cnc2nc[nH]c2c1. The molecule has 0 aliphatic rings. The highest BCUT2D eigenvalue weighted by molar-refractivity contribution is 5.72. The van der Waals surface area contributed by atoms with E-state index in [0.29, 0.717) is 11.2 Å². The second-order valence-electron chi connectivity index (χ2n) is 2.31. The van der Waals surface area contributed by atoms with E-state index in [4.69, 9.17) is 5.11 Å². The summed E-state index contributed by atoms with van der Waals surface area (Å²) in [5.74, 6) is 0.171. The predicted molar refractivity (Wildman–Crippen MR) is 42.5 cm³/mol. The molecule has 0 spiro atoms. The lowest BCUT2D eigenvalue weighted by Crippen LogP contribution is -2.02. The van der Waals surface area contributed by atoms with Gasteiger partial charge in [-0.05, 0) is 0 Å². The van der Waals surface area contributed by atoms with Crippen molar-refractivity contribution in [3.63, 3.8) is 0 Å². The van der Waals surface area contributed by atoms with E-state index in [0.717, 1.165) is 0 Å². The van der Waals surface area contributed by atoms with E-state index in [1.54, 1.807) is 0 Å². The third-order valence-corrected chi connectivity index (χ3v) is 1.45. The standard InChI is InChI=1S/C7H5N3O3/c11-7(12)13-4-1-5-6(8-2-4)10-3-9-5/h1-3H,(H,11,12)(H,8,9,10). The van der Waals surface area contributed by atoms with Gasteiger partial charge < -0.3 is 14.8 Å². The van der Waals surface area contributed by atoms with E-state index >= 15 is 0 Å². The van der Waals surface area contributed by atoms with Crippen molar-refractivity contribution < 1.29 is 14.6 Å². The summed E-state index contributed by atoms with van der Waals surface area (Å²) in [6.07, 6.45) is 1.42. The summed E-state index contributed by atoms with van der Waals surface area (Å²) in [7, 11) is 0. The summed E-state index contributed by atoms with van der Waals surface area (Å²) in [5, 5.41) is 8.31. The van der Waals surface area contributed by atoms with Gasteiger partial charge in [-0.25, -0.2) is 14.8 Å². The highest BCUT2D eigenvalue weighted by Gasteiger charge is 2.03. The molecular weight excluding hydrogens is 174 g/mol. The second kappa shape index (κ2) is 2.74. The summed E-state index contributed by atoms with van der Waals surface area (Å²) < 4.78 is 4.40. The molecule has 0 atom stereocenters. The monoisotopic (exact) mass is 179 g/mol. The van der Waals surface area contributed by atoms with Crippen LogP contribution >= 0.6 is 0 Å². The third-order valence-electron chi connectivity index (χ3n) is 1.45. The molecular formula is C7H5N3O3. The maximum atomic E-state index is 10.2. The first-order valence-corrected chi connectivity index (χ1v) is 3.45. The van der Waals surface area contributed by atoms with Crippen LogP contribution in [0.25, 0.3) is 11.2 Å². The number of hydrogen-bond acceptors (Lipinski definition) is 4. The van der Waals surface area contributed by atoms with E-state index < -0.39 is 6.16 Å². The van der Waals surface area contributed by atoms with Gasteiger partial charge in [-0.3, -0.25) is 0 Å².